The van der Waals surface area contributed by atoms with Crippen molar-refractivity contribution in [3.8, 4) is 0 Å². The Bertz CT molecular complexity index is 771. The van der Waals surface area contributed by atoms with E-state index in [-0.39, 0.29) is 11.8 Å². The van der Waals surface area contributed by atoms with Crippen LogP contribution in [0.5, 0.6) is 0 Å². The van der Waals surface area contributed by atoms with E-state index in [0.717, 1.165) is 38.9 Å². The molecule has 3 aliphatic carbocycles. The first-order valence-corrected chi connectivity index (χ1v) is 16.7. The van der Waals surface area contributed by atoms with Crippen LogP contribution in [-0.4, -0.2) is 18.2 Å². The molecule has 168 valence electrons. The number of rotatable bonds is 3. The van der Waals surface area contributed by atoms with Crippen LogP contribution < -0.4 is 5.73 Å². The molecule has 0 aromatic heterocycles. The third-order valence-corrected chi connectivity index (χ3v) is 18.7. The summed E-state index contributed by atoms with van der Waals surface area (Å²) < 4.78 is 3.67. The Morgan fingerprint density at radius 3 is 2.73 bits per heavy atom. The predicted molar refractivity (Wildman–Crippen MR) is 135 cm³/mol. The summed E-state index contributed by atoms with van der Waals surface area (Å²) >= 11 is -0.949. The van der Waals surface area contributed by atoms with Gasteiger partial charge in [-0.05, 0) is 0 Å². The fourth-order valence-electron chi connectivity index (χ4n) is 8.01. The number of hydrogen-bond donors (Lipinski definition) is 1. The van der Waals surface area contributed by atoms with Crippen molar-refractivity contribution in [2.45, 2.75) is 99.2 Å². The Morgan fingerprint density at radius 2 is 1.97 bits per heavy atom. The third-order valence-electron chi connectivity index (χ3n) is 9.92. The van der Waals surface area contributed by atoms with Gasteiger partial charge in [-0.1, -0.05) is 0 Å². The van der Waals surface area contributed by atoms with E-state index in [4.69, 9.17) is 5.73 Å². The summed E-state index contributed by atoms with van der Waals surface area (Å²) in [5, 5.41) is 0. The first kappa shape index (κ1) is 21.5. The molecule has 0 bridgehead atoms. The SMILES string of the molecule is CCCC1CCI2C(CCC3(C)C4CCC5(C)CCC(C(N)=O)CC5=C4C=CC23)C1. The number of carbonyl (C=O) groups excluding carboxylic acids is 1. The first-order chi connectivity index (χ1) is 14.4. The van der Waals surface area contributed by atoms with E-state index >= 15 is 0 Å². The van der Waals surface area contributed by atoms with Crippen molar-refractivity contribution < 1.29 is 4.79 Å². The molecule has 3 fully saturated rings. The van der Waals surface area contributed by atoms with Gasteiger partial charge in [0.25, 0.3) is 0 Å². The molecule has 7 atom stereocenters. The molecule has 5 rings (SSSR count). The average Bonchev–Trinajstić information content (AvgIpc) is 2.72. The van der Waals surface area contributed by atoms with Crippen LogP contribution in [0.25, 0.3) is 0 Å². The molecule has 5 aliphatic rings. The fraction of sp³-hybridized carbons (Fsp3) is 0.815. The molecule has 0 radical (unpaired) electrons. The Kier molecular flexibility index (Phi) is 5.68. The molecule has 2 N–H and O–H groups in total. The summed E-state index contributed by atoms with van der Waals surface area (Å²) in [5.74, 6) is 1.77. The van der Waals surface area contributed by atoms with Gasteiger partial charge in [0, 0.05) is 0 Å². The third kappa shape index (κ3) is 3.35. The molecular weight excluding hydrogens is 481 g/mol. The van der Waals surface area contributed by atoms with E-state index in [2.05, 4.69) is 32.9 Å². The molecule has 0 aromatic carbocycles. The summed E-state index contributed by atoms with van der Waals surface area (Å²) in [4.78, 5) is 12.0. The number of hydrogen-bond acceptors (Lipinski definition) is 1. The van der Waals surface area contributed by atoms with Crippen molar-refractivity contribution in [2.75, 3.05) is 4.43 Å². The van der Waals surface area contributed by atoms with Crippen molar-refractivity contribution in [1.82, 2.24) is 0 Å². The monoisotopic (exact) mass is 523 g/mol. The average molecular weight is 524 g/mol. The van der Waals surface area contributed by atoms with Crippen molar-refractivity contribution >= 4 is 25.7 Å². The minimum atomic E-state index is -0.949. The predicted octanol–water partition coefficient (Wildman–Crippen LogP) is 6.81. The quantitative estimate of drug-likeness (QED) is 0.321. The van der Waals surface area contributed by atoms with Gasteiger partial charge in [-0.3, -0.25) is 0 Å². The van der Waals surface area contributed by atoms with E-state index in [1.165, 1.54) is 44.9 Å². The van der Waals surface area contributed by atoms with Gasteiger partial charge >= 0.3 is 192 Å². The molecule has 1 amide bonds. The molecule has 2 aliphatic heterocycles. The van der Waals surface area contributed by atoms with Gasteiger partial charge in [0.05, 0.1) is 0 Å². The van der Waals surface area contributed by atoms with Crippen molar-refractivity contribution in [3.05, 3.63) is 23.3 Å². The van der Waals surface area contributed by atoms with Gasteiger partial charge in [0.15, 0.2) is 0 Å². The zero-order chi connectivity index (χ0) is 21.1. The van der Waals surface area contributed by atoms with Crippen LogP contribution in [0.3, 0.4) is 0 Å². The molecular formula is C27H42INO. The summed E-state index contributed by atoms with van der Waals surface area (Å²) in [7, 11) is 0. The van der Waals surface area contributed by atoms with Crippen molar-refractivity contribution in [1.29, 1.82) is 0 Å². The number of halogens is 1. The van der Waals surface area contributed by atoms with E-state index in [9.17, 15) is 4.79 Å². The Morgan fingerprint density at radius 1 is 1.17 bits per heavy atom. The van der Waals surface area contributed by atoms with Gasteiger partial charge < -0.3 is 0 Å². The fourth-order valence-corrected chi connectivity index (χ4v) is 18.1. The number of nitrogens with two attached hydrogens (primary N) is 1. The van der Waals surface area contributed by atoms with Crippen LogP contribution in [0.1, 0.15) is 91.4 Å². The van der Waals surface area contributed by atoms with Crippen LogP contribution in [0, 0.1) is 28.6 Å². The Labute approximate surface area is 191 Å². The van der Waals surface area contributed by atoms with Crippen LogP contribution >= 0.6 is 19.8 Å². The molecule has 0 aromatic rings. The van der Waals surface area contributed by atoms with E-state index in [1.54, 1.807) is 22.0 Å². The molecule has 2 nitrogen and oxygen atoms in total. The second-order valence-electron chi connectivity index (χ2n) is 11.6. The van der Waals surface area contributed by atoms with Gasteiger partial charge in [-0.2, -0.15) is 0 Å². The van der Waals surface area contributed by atoms with Crippen molar-refractivity contribution in [2.24, 2.45) is 34.3 Å². The van der Waals surface area contributed by atoms with E-state index in [0.29, 0.717) is 10.8 Å². The standard InChI is InChI=1S/C27H42INO/c1-4-5-18-11-15-28-20(16-18)9-14-27(3)22-10-13-26(2)12-8-19(25(29)30)17-23(26)21(22)6-7-24(27)28/h6-7,18-20,22,24H,4-5,8-17H2,1-3H3,(H2,29,30). The summed E-state index contributed by atoms with van der Waals surface area (Å²) in [6, 6.07) is 0. The second-order valence-corrected chi connectivity index (χ2v) is 18.3. The van der Waals surface area contributed by atoms with Crippen LogP contribution in [-0.2, 0) is 4.79 Å². The topological polar surface area (TPSA) is 43.1 Å². The summed E-state index contributed by atoms with van der Waals surface area (Å²) in [6.45, 7) is 7.52. The maximum absolute atomic E-state index is 12.0. The normalized spacial score (nSPS) is 46.5. The van der Waals surface area contributed by atoms with E-state index in [1.807, 2.05) is 0 Å². The summed E-state index contributed by atoms with van der Waals surface area (Å²) in [6.07, 6.45) is 20.0. The van der Waals surface area contributed by atoms with Crippen LogP contribution in [0.4, 0.5) is 0 Å². The zero-order valence-electron chi connectivity index (χ0n) is 19.4. The molecule has 2 heterocycles. The molecule has 2 saturated heterocycles. The van der Waals surface area contributed by atoms with Gasteiger partial charge in [-0.25, -0.2) is 0 Å². The number of amides is 1. The number of primary amides is 1. The number of allylic oxidation sites excluding steroid dienone is 4. The molecule has 7 unspecified atom stereocenters. The molecule has 1 saturated carbocycles. The minimum absolute atomic E-state index is 0.0680. The van der Waals surface area contributed by atoms with Crippen LogP contribution in [0.2, 0.25) is 0 Å². The van der Waals surface area contributed by atoms with E-state index < -0.39 is 19.8 Å². The number of carbonyl (C=O) groups is 1. The first-order valence-electron chi connectivity index (χ1n) is 12.7. The van der Waals surface area contributed by atoms with Gasteiger partial charge in [0.2, 0.25) is 0 Å². The molecule has 3 heteroatoms. The maximum atomic E-state index is 12.0. The zero-order valence-corrected chi connectivity index (χ0v) is 21.5. The summed E-state index contributed by atoms with van der Waals surface area (Å²) in [5.41, 5.74) is 9.86. The molecule has 30 heavy (non-hydrogen) atoms. The number of fused-ring (bicyclic) bond motifs is 6. The second kappa shape index (κ2) is 7.92. The Balaban J connectivity index is 1.47. The molecule has 0 spiro atoms. The Hall–Kier alpha value is -0.320. The number of alkyl halides is 3. The van der Waals surface area contributed by atoms with Gasteiger partial charge in [0.1, 0.15) is 0 Å². The van der Waals surface area contributed by atoms with Crippen molar-refractivity contribution in [3.63, 3.8) is 0 Å². The van der Waals surface area contributed by atoms with Gasteiger partial charge in [-0.15, -0.1) is 0 Å². The van der Waals surface area contributed by atoms with Crippen LogP contribution in [0.15, 0.2) is 23.3 Å².